The number of carboxylic acid groups (broad SMARTS) is 1. The number of carbonyl (C=O) groups excluding carboxylic acids is 1. The van der Waals surface area contributed by atoms with Crippen LogP contribution in [0.15, 0.2) is 0 Å². The molecule has 0 aromatic rings. The van der Waals surface area contributed by atoms with Crippen LogP contribution in [-0.2, 0) is 14.3 Å². The average Bonchev–Trinajstić information content (AvgIpc) is 2.62. The first kappa shape index (κ1) is 25.3. The maximum Gasteiger partial charge on any atom is 0.309 e. The Bertz CT molecular complexity index is 347. The van der Waals surface area contributed by atoms with Gasteiger partial charge in [0, 0.05) is 5.75 Å². The van der Waals surface area contributed by atoms with Gasteiger partial charge in [-0.15, -0.1) is 0 Å². The summed E-state index contributed by atoms with van der Waals surface area (Å²) in [5, 5.41) is 8.94. The quantitative estimate of drug-likeness (QED) is 0.161. The van der Waals surface area contributed by atoms with Crippen molar-refractivity contribution in [3.8, 4) is 0 Å². The summed E-state index contributed by atoms with van der Waals surface area (Å²) in [6, 6.07) is 0. The summed E-state index contributed by atoms with van der Waals surface area (Å²) >= 11 is 4.00. The lowest BCUT2D eigenvalue weighted by Crippen LogP contribution is -2.21. The van der Waals surface area contributed by atoms with Crippen molar-refractivity contribution in [3.05, 3.63) is 0 Å². The van der Waals surface area contributed by atoms with Crippen LogP contribution in [0, 0.1) is 5.92 Å². The van der Waals surface area contributed by atoms with Gasteiger partial charge in [-0.25, -0.2) is 0 Å². The van der Waals surface area contributed by atoms with Crippen molar-refractivity contribution in [1.82, 2.24) is 0 Å². The number of thiol groups is 1. The number of aliphatic carboxylic acids is 1. The summed E-state index contributed by atoms with van der Waals surface area (Å²) in [7, 11) is 0. The molecule has 0 rings (SSSR count). The van der Waals surface area contributed by atoms with Crippen LogP contribution in [0.4, 0.5) is 0 Å². The fourth-order valence-electron chi connectivity index (χ4n) is 3.19. The van der Waals surface area contributed by atoms with Crippen LogP contribution in [-0.4, -0.2) is 29.4 Å². The molecule has 0 fully saturated rings. The van der Waals surface area contributed by atoms with Gasteiger partial charge in [0.05, 0.1) is 12.3 Å². The third kappa shape index (κ3) is 16.7. The summed E-state index contributed by atoms with van der Waals surface area (Å²) in [5.74, 6) is -1.38. The minimum Gasteiger partial charge on any atom is -0.481 e. The molecule has 154 valence electrons. The number of hydrogen-bond acceptors (Lipinski definition) is 4. The number of carboxylic acids is 1. The van der Waals surface area contributed by atoms with Gasteiger partial charge < -0.3 is 9.84 Å². The van der Waals surface area contributed by atoms with E-state index in [9.17, 15) is 9.59 Å². The van der Waals surface area contributed by atoms with Crippen LogP contribution >= 0.6 is 12.6 Å². The molecule has 0 aliphatic carbocycles. The second kappa shape index (κ2) is 19.1. The topological polar surface area (TPSA) is 63.6 Å². The van der Waals surface area contributed by atoms with Crippen molar-refractivity contribution in [1.29, 1.82) is 0 Å². The molecule has 0 amide bonds. The van der Waals surface area contributed by atoms with Crippen molar-refractivity contribution < 1.29 is 19.4 Å². The van der Waals surface area contributed by atoms with Gasteiger partial charge in [-0.1, -0.05) is 90.4 Å². The van der Waals surface area contributed by atoms with Gasteiger partial charge in [-0.2, -0.15) is 12.6 Å². The predicted molar refractivity (Wildman–Crippen MR) is 111 cm³/mol. The molecule has 0 saturated heterocycles. The van der Waals surface area contributed by atoms with Crippen LogP contribution < -0.4 is 0 Å². The van der Waals surface area contributed by atoms with Crippen LogP contribution in [0.1, 0.15) is 103 Å². The third-order valence-corrected chi connectivity index (χ3v) is 4.93. The van der Waals surface area contributed by atoms with E-state index < -0.39 is 11.9 Å². The highest BCUT2D eigenvalue weighted by Gasteiger charge is 2.22. The van der Waals surface area contributed by atoms with Gasteiger partial charge in [0.2, 0.25) is 0 Å². The second-order valence-electron chi connectivity index (χ2n) is 7.22. The molecule has 0 bridgehead atoms. The summed E-state index contributed by atoms with van der Waals surface area (Å²) in [6.07, 6.45) is 17.0. The lowest BCUT2D eigenvalue weighted by Gasteiger charge is -2.13. The predicted octanol–water partition coefficient (Wildman–Crippen LogP) is 6.03. The molecule has 0 saturated carbocycles. The fraction of sp³-hybridized carbons (Fsp3) is 0.905. The normalized spacial score (nSPS) is 12.1. The summed E-state index contributed by atoms with van der Waals surface area (Å²) in [4.78, 5) is 22.8. The summed E-state index contributed by atoms with van der Waals surface area (Å²) in [5.41, 5.74) is 0. The lowest BCUT2D eigenvalue weighted by molar-refractivity contribution is -0.152. The highest BCUT2D eigenvalue weighted by molar-refractivity contribution is 7.80. The summed E-state index contributed by atoms with van der Waals surface area (Å²) < 4.78 is 5.04. The first-order valence-electron chi connectivity index (χ1n) is 10.6. The molecular weight excluding hydrogens is 348 g/mol. The second-order valence-corrected chi connectivity index (χ2v) is 7.66. The standard InChI is InChI=1S/C21H40O4S/c1-2-3-4-5-6-7-8-9-10-11-12-13-14-15-19(18-20(22)23)21(24)25-16-17-26/h19,26H,2-18H2,1H3,(H,22,23). The van der Waals surface area contributed by atoms with Crippen molar-refractivity contribution in [2.45, 2.75) is 103 Å². The molecule has 5 heteroatoms. The molecule has 4 nitrogen and oxygen atoms in total. The average molecular weight is 389 g/mol. The number of unbranched alkanes of at least 4 members (excludes halogenated alkanes) is 12. The van der Waals surface area contributed by atoms with E-state index in [2.05, 4.69) is 19.6 Å². The molecular formula is C21H40O4S. The number of esters is 1. The molecule has 0 radical (unpaired) electrons. The Balaban J connectivity index is 3.57. The molecule has 0 aliphatic heterocycles. The maximum atomic E-state index is 11.9. The van der Waals surface area contributed by atoms with Crippen LogP contribution in [0.3, 0.4) is 0 Å². The summed E-state index contributed by atoms with van der Waals surface area (Å²) in [6.45, 7) is 2.50. The van der Waals surface area contributed by atoms with Gasteiger partial charge >= 0.3 is 11.9 Å². The number of carbonyl (C=O) groups is 2. The SMILES string of the molecule is CCCCCCCCCCCCCCCC(CC(=O)O)C(=O)OCCS. The first-order valence-corrected chi connectivity index (χ1v) is 11.2. The lowest BCUT2D eigenvalue weighted by atomic mass is 9.97. The van der Waals surface area contributed by atoms with Crippen LogP contribution in [0.5, 0.6) is 0 Å². The van der Waals surface area contributed by atoms with Crippen molar-refractivity contribution >= 4 is 24.6 Å². The smallest absolute Gasteiger partial charge is 0.309 e. The Morgan fingerprint density at radius 3 is 1.73 bits per heavy atom. The zero-order chi connectivity index (χ0) is 19.5. The Hall–Kier alpha value is -0.710. The molecule has 1 unspecified atom stereocenters. The number of rotatable bonds is 19. The Labute approximate surface area is 165 Å². The van der Waals surface area contributed by atoms with E-state index in [4.69, 9.17) is 9.84 Å². The van der Waals surface area contributed by atoms with Gasteiger partial charge in [-0.05, 0) is 6.42 Å². The molecule has 0 spiro atoms. The van der Waals surface area contributed by atoms with Gasteiger partial charge in [-0.3, -0.25) is 9.59 Å². The molecule has 0 aromatic carbocycles. The molecule has 26 heavy (non-hydrogen) atoms. The van der Waals surface area contributed by atoms with E-state index in [0.717, 1.165) is 12.8 Å². The van der Waals surface area contributed by atoms with Crippen molar-refractivity contribution in [2.24, 2.45) is 5.92 Å². The van der Waals surface area contributed by atoms with E-state index in [-0.39, 0.29) is 19.0 Å². The first-order chi connectivity index (χ1) is 12.6. The zero-order valence-corrected chi connectivity index (χ0v) is 17.6. The van der Waals surface area contributed by atoms with Crippen LogP contribution in [0.2, 0.25) is 0 Å². The van der Waals surface area contributed by atoms with Crippen molar-refractivity contribution in [2.75, 3.05) is 12.4 Å². The van der Waals surface area contributed by atoms with Crippen molar-refractivity contribution in [3.63, 3.8) is 0 Å². The van der Waals surface area contributed by atoms with Gasteiger partial charge in [0.15, 0.2) is 0 Å². The van der Waals surface area contributed by atoms with Gasteiger partial charge in [0.25, 0.3) is 0 Å². The Kier molecular flexibility index (Phi) is 18.5. The Morgan fingerprint density at radius 2 is 1.31 bits per heavy atom. The molecule has 1 N–H and O–H groups in total. The van der Waals surface area contributed by atoms with E-state index in [1.54, 1.807) is 0 Å². The fourth-order valence-corrected chi connectivity index (χ4v) is 3.28. The highest BCUT2D eigenvalue weighted by Crippen LogP contribution is 2.18. The molecule has 1 atom stereocenters. The minimum absolute atomic E-state index is 0.135. The van der Waals surface area contributed by atoms with Crippen LogP contribution in [0.25, 0.3) is 0 Å². The molecule has 0 aromatic heterocycles. The molecule has 0 aliphatic rings. The van der Waals surface area contributed by atoms with E-state index in [0.29, 0.717) is 12.2 Å². The zero-order valence-electron chi connectivity index (χ0n) is 16.7. The van der Waals surface area contributed by atoms with E-state index in [1.165, 1.54) is 70.6 Å². The number of hydrogen-bond donors (Lipinski definition) is 2. The largest absolute Gasteiger partial charge is 0.481 e. The molecule has 0 heterocycles. The monoisotopic (exact) mass is 388 g/mol. The minimum atomic E-state index is -0.937. The van der Waals surface area contributed by atoms with E-state index in [1.807, 2.05) is 0 Å². The number of ether oxygens (including phenoxy) is 1. The Morgan fingerprint density at radius 1 is 0.846 bits per heavy atom. The maximum absolute atomic E-state index is 11.9. The van der Waals surface area contributed by atoms with E-state index >= 15 is 0 Å². The third-order valence-electron chi connectivity index (χ3n) is 4.75. The highest BCUT2D eigenvalue weighted by atomic mass is 32.1. The van der Waals surface area contributed by atoms with Gasteiger partial charge in [0.1, 0.15) is 6.61 Å².